The summed E-state index contributed by atoms with van der Waals surface area (Å²) in [6, 6.07) is 80.2. The second-order valence-corrected chi connectivity index (χ2v) is 16.5. The summed E-state index contributed by atoms with van der Waals surface area (Å²) in [6.45, 7) is 0. The molecule has 62 heavy (non-hydrogen) atoms. The van der Waals surface area contributed by atoms with Gasteiger partial charge < -0.3 is 9.13 Å². The molecule has 0 saturated carbocycles. The van der Waals surface area contributed by atoms with E-state index in [-0.39, 0.29) is 0 Å². The third-order valence-electron chi connectivity index (χ3n) is 13.3. The van der Waals surface area contributed by atoms with Crippen LogP contribution in [0.25, 0.3) is 121 Å². The van der Waals surface area contributed by atoms with Gasteiger partial charge in [0.1, 0.15) is 5.65 Å². The standard InChI is InChI=1S/C58H36N4/c1-2-14-39(15-3-1)59-53-24-12-8-20-46(53)49-35-41(31-33-55(49)59)61-54-25-13-9-21-47(54)50-36-57-43-17-5-4-16-42(43)48-34-38(28-32-56(48)62(57)58(50)61)37-26-29-40(30-27-37)60-51-22-10-6-18-44(51)45-19-7-11-23-52(45)60/h1-36H. The van der Waals surface area contributed by atoms with Crippen LogP contribution in [0.5, 0.6) is 0 Å². The van der Waals surface area contributed by atoms with Crippen LogP contribution in [0.4, 0.5) is 0 Å². The molecule has 4 nitrogen and oxygen atoms in total. The SMILES string of the molecule is c1ccc(-n2c3ccccc3c3cc(-n4c5ccccc5c5cc6c7ccccc7c7cc(-c8ccc(-n9c%10ccccc%10c%10ccccc%109)cc8)ccc7n6c54)ccc32)cc1. The maximum absolute atomic E-state index is 2.51. The van der Waals surface area contributed by atoms with Crippen LogP contribution in [0.3, 0.4) is 0 Å². The van der Waals surface area contributed by atoms with Crippen molar-refractivity contribution in [3.05, 3.63) is 218 Å². The van der Waals surface area contributed by atoms with Crippen molar-refractivity contribution in [2.75, 3.05) is 0 Å². The van der Waals surface area contributed by atoms with E-state index in [0.717, 1.165) is 17.1 Å². The van der Waals surface area contributed by atoms with Crippen LogP contribution in [0.2, 0.25) is 0 Å². The quantitative estimate of drug-likeness (QED) is 0.158. The molecule has 288 valence electrons. The van der Waals surface area contributed by atoms with Crippen molar-refractivity contribution in [3.8, 4) is 28.2 Å². The van der Waals surface area contributed by atoms with Crippen LogP contribution in [-0.2, 0) is 0 Å². The smallest absolute Gasteiger partial charge is 0.131 e. The molecular formula is C58H36N4. The van der Waals surface area contributed by atoms with Crippen LogP contribution < -0.4 is 0 Å². The highest BCUT2D eigenvalue weighted by Crippen LogP contribution is 2.42. The second kappa shape index (κ2) is 12.6. The molecule has 5 aromatic heterocycles. The zero-order valence-corrected chi connectivity index (χ0v) is 33.6. The maximum atomic E-state index is 2.51. The molecular weight excluding hydrogens is 753 g/mol. The first-order valence-corrected chi connectivity index (χ1v) is 21.4. The molecule has 9 aromatic carbocycles. The van der Waals surface area contributed by atoms with Gasteiger partial charge in [-0.2, -0.15) is 0 Å². The molecule has 0 fully saturated rings. The lowest BCUT2D eigenvalue weighted by Gasteiger charge is -2.15. The van der Waals surface area contributed by atoms with E-state index < -0.39 is 0 Å². The number of rotatable bonds is 4. The zero-order chi connectivity index (χ0) is 40.5. The van der Waals surface area contributed by atoms with Crippen LogP contribution in [0.1, 0.15) is 0 Å². The predicted molar refractivity (Wildman–Crippen MR) is 261 cm³/mol. The minimum Gasteiger partial charge on any atom is -0.309 e. The Hall–Kier alpha value is -8.34. The molecule has 0 bridgehead atoms. The molecule has 0 aliphatic heterocycles. The van der Waals surface area contributed by atoms with Gasteiger partial charge in [-0.1, -0.05) is 133 Å². The highest BCUT2D eigenvalue weighted by atomic mass is 15.1. The lowest BCUT2D eigenvalue weighted by Crippen LogP contribution is -2.00. The number of benzene rings is 9. The van der Waals surface area contributed by atoms with E-state index >= 15 is 0 Å². The van der Waals surface area contributed by atoms with Gasteiger partial charge in [0.15, 0.2) is 0 Å². The zero-order valence-electron chi connectivity index (χ0n) is 33.6. The molecule has 0 spiro atoms. The summed E-state index contributed by atoms with van der Waals surface area (Å²) in [5.74, 6) is 0. The van der Waals surface area contributed by atoms with E-state index in [0.29, 0.717) is 0 Å². The minimum atomic E-state index is 1.14. The van der Waals surface area contributed by atoms with Gasteiger partial charge in [-0.05, 0) is 101 Å². The van der Waals surface area contributed by atoms with Gasteiger partial charge in [0.25, 0.3) is 0 Å². The molecule has 0 saturated heterocycles. The lowest BCUT2D eigenvalue weighted by molar-refractivity contribution is 1.12. The van der Waals surface area contributed by atoms with Crippen molar-refractivity contribution in [3.63, 3.8) is 0 Å². The summed E-state index contributed by atoms with van der Waals surface area (Å²) in [7, 11) is 0. The molecule has 0 amide bonds. The third-order valence-corrected chi connectivity index (χ3v) is 13.3. The summed E-state index contributed by atoms with van der Waals surface area (Å²) >= 11 is 0. The van der Waals surface area contributed by atoms with E-state index in [1.54, 1.807) is 0 Å². The average molecular weight is 789 g/mol. The van der Waals surface area contributed by atoms with Crippen LogP contribution >= 0.6 is 0 Å². The molecule has 0 N–H and O–H groups in total. The Morgan fingerprint density at radius 2 is 0.629 bits per heavy atom. The number of pyridine rings is 1. The Bertz CT molecular complexity index is 4090. The Labute approximate surface area is 355 Å². The van der Waals surface area contributed by atoms with E-state index in [4.69, 9.17) is 0 Å². The number of aromatic nitrogens is 4. The molecule has 0 unspecified atom stereocenters. The largest absolute Gasteiger partial charge is 0.309 e. The van der Waals surface area contributed by atoms with Crippen molar-refractivity contribution in [1.29, 1.82) is 0 Å². The number of hydrogen-bond donors (Lipinski definition) is 0. The summed E-state index contributed by atoms with van der Waals surface area (Å²) in [6.07, 6.45) is 0. The first kappa shape index (κ1) is 33.5. The van der Waals surface area contributed by atoms with Crippen molar-refractivity contribution in [1.82, 2.24) is 18.1 Å². The van der Waals surface area contributed by atoms with Gasteiger partial charge in [-0.3, -0.25) is 8.97 Å². The van der Waals surface area contributed by atoms with E-state index in [2.05, 4.69) is 236 Å². The Morgan fingerprint density at radius 3 is 1.26 bits per heavy atom. The van der Waals surface area contributed by atoms with Crippen LogP contribution in [0, 0.1) is 0 Å². The number of nitrogens with zero attached hydrogens (tertiary/aromatic N) is 4. The Morgan fingerprint density at radius 1 is 0.210 bits per heavy atom. The summed E-state index contributed by atoms with van der Waals surface area (Å²) in [5, 5.41) is 11.2. The maximum Gasteiger partial charge on any atom is 0.131 e. The van der Waals surface area contributed by atoms with Crippen molar-refractivity contribution < 1.29 is 0 Å². The minimum absolute atomic E-state index is 1.14. The van der Waals surface area contributed by atoms with Gasteiger partial charge in [0.2, 0.25) is 0 Å². The number of fused-ring (bicyclic) bond motifs is 16. The molecule has 0 radical (unpaired) electrons. The molecule has 14 rings (SSSR count). The van der Waals surface area contributed by atoms with Gasteiger partial charge in [0.05, 0.1) is 38.6 Å². The first-order chi connectivity index (χ1) is 30.8. The van der Waals surface area contributed by atoms with E-state index in [9.17, 15) is 0 Å². The van der Waals surface area contributed by atoms with E-state index in [1.807, 2.05) is 0 Å². The highest BCUT2D eigenvalue weighted by Gasteiger charge is 2.22. The van der Waals surface area contributed by atoms with Gasteiger partial charge in [0, 0.05) is 60.2 Å². The lowest BCUT2D eigenvalue weighted by atomic mass is 9.99. The van der Waals surface area contributed by atoms with Crippen molar-refractivity contribution in [2.24, 2.45) is 0 Å². The van der Waals surface area contributed by atoms with Crippen LogP contribution in [-0.4, -0.2) is 18.1 Å². The fraction of sp³-hybridized carbons (Fsp3) is 0. The van der Waals surface area contributed by atoms with E-state index in [1.165, 1.54) is 104 Å². The monoisotopic (exact) mass is 788 g/mol. The highest BCUT2D eigenvalue weighted by molar-refractivity contribution is 6.20. The topological polar surface area (TPSA) is 19.2 Å². The van der Waals surface area contributed by atoms with Crippen molar-refractivity contribution >= 4 is 92.7 Å². The fourth-order valence-electron chi connectivity index (χ4n) is 10.7. The van der Waals surface area contributed by atoms with Gasteiger partial charge >= 0.3 is 0 Å². The van der Waals surface area contributed by atoms with Gasteiger partial charge in [-0.25, -0.2) is 0 Å². The molecule has 5 heterocycles. The third kappa shape index (κ3) is 4.55. The number of para-hydroxylation sites is 5. The summed E-state index contributed by atoms with van der Waals surface area (Å²) < 4.78 is 9.77. The summed E-state index contributed by atoms with van der Waals surface area (Å²) in [5.41, 5.74) is 15.4. The molecule has 0 aliphatic rings. The Balaban J connectivity index is 0.994. The molecule has 4 heteroatoms. The summed E-state index contributed by atoms with van der Waals surface area (Å²) in [4.78, 5) is 0. The first-order valence-electron chi connectivity index (χ1n) is 21.4. The molecule has 14 aromatic rings. The Kier molecular flexibility index (Phi) is 6.80. The normalized spacial score (nSPS) is 12.2. The molecule has 0 aliphatic carbocycles. The predicted octanol–water partition coefficient (Wildman–Crippen LogP) is 15.2. The fourth-order valence-corrected chi connectivity index (χ4v) is 10.7. The average Bonchev–Trinajstić information content (AvgIpc) is 4.08. The van der Waals surface area contributed by atoms with Crippen molar-refractivity contribution in [2.45, 2.75) is 0 Å². The van der Waals surface area contributed by atoms with Crippen LogP contribution in [0.15, 0.2) is 218 Å². The number of hydrogen-bond acceptors (Lipinski definition) is 0. The molecule has 0 atom stereocenters. The van der Waals surface area contributed by atoms with Gasteiger partial charge in [-0.15, -0.1) is 0 Å². The second-order valence-electron chi connectivity index (χ2n) is 16.5.